The molecule has 0 atom stereocenters. The van der Waals surface area contributed by atoms with Gasteiger partial charge in [-0.15, -0.1) is 0 Å². The summed E-state index contributed by atoms with van der Waals surface area (Å²) in [7, 11) is -3.69. The molecule has 4 rings (SSSR count). The number of aliphatic hydroxyl groups is 1. The molecule has 0 spiro atoms. The summed E-state index contributed by atoms with van der Waals surface area (Å²) in [4.78, 5) is 27.5. The fourth-order valence-corrected chi connectivity index (χ4v) is 5.58. The van der Waals surface area contributed by atoms with E-state index >= 15 is 0 Å². The Morgan fingerprint density at radius 1 is 1.08 bits per heavy atom. The van der Waals surface area contributed by atoms with Crippen molar-refractivity contribution in [3.63, 3.8) is 0 Å². The molecule has 0 fully saturated rings. The van der Waals surface area contributed by atoms with Gasteiger partial charge in [0, 0.05) is 34.7 Å². The molecule has 4 aromatic rings. The largest absolute Gasteiger partial charge is 0.389 e. The van der Waals surface area contributed by atoms with Crippen molar-refractivity contribution in [2.75, 3.05) is 6.26 Å². The van der Waals surface area contributed by atoms with Gasteiger partial charge in [-0.05, 0) is 49.4 Å². The van der Waals surface area contributed by atoms with Crippen LogP contribution in [0.4, 0.5) is 0 Å². The van der Waals surface area contributed by atoms with E-state index in [1.54, 1.807) is 32.0 Å². The Morgan fingerprint density at radius 2 is 1.76 bits per heavy atom. The fourth-order valence-electron chi connectivity index (χ4n) is 4.57. The second-order valence-electron chi connectivity index (χ2n) is 10.1. The summed E-state index contributed by atoms with van der Waals surface area (Å²) in [6.07, 6.45) is 1.85. The highest BCUT2D eigenvalue weighted by Crippen LogP contribution is 2.33. The number of sulfone groups is 1. The van der Waals surface area contributed by atoms with Crippen LogP contribution in [0.2, 0.25) is 5.02 Å². The van der Waals surface area contributed by atoms with Gasteiger partial charge in [0.05, 0.1) is 30.1 Å². The molecule has 0 unspecified atom stereocenters. The number of carbonyl (C=O) groups excluding carboxylic acids is 1. The number of ketones is 1. The molecule has 38 heavy (non-hydrogen) atoms. The van der Waals surface area contributed by atoms with Gasteiger partial charge >= 0.3 is 0 Å². The predicted molar refractivity (Wildman–Crippen MR) is 149 cm³/mol. The van der Waals surface area contributed by atoms with Crippen molar-refractivity contribution >= 4 is 38.0 Å². The lowest BCUT2D eigenvalue weighted by Crippen LogP contribution is -2.29. The summed E-state index contributed by atoms with van der Waals surface area (Å²) in [6, 6.07) is 15.6. The van der Waals surface area contributed by atoms with Crippen LogP contribution in [-0.4, -0.2) is 45.5 Å². The fraction of sp³-hybridized carbons (Fsp3) is 0.321. The first-order valence-electron chi connectivity index (χ1n) is 12.2. The Morgan fingerprint density at radius 3 is 2.37 bits per heavy atom. The second-order valence-corrected chi connectivity index (χ2v) is 12.5. The monoisotopic (exact) mass is 555 g/mol. The van der Waals surface area contributed by atoms with E-state index in [1.807, 2.05) is 37.3 Å². The number of halogens is 1. The minimum atomic E-state index is -3.69. The van der Waals surface area contributed by atoms with Crippen LogP contribution in [0.1, 0.15) is 49.8 Å². The molecule has 0 bridgehead atoms. The Bertz CT molecular complexity index is 1680. The van der Waals surface area contributed by atoms with Gasteiger partial charge in [-0.1, -0.05) is 48.9 Å². The van der Waals surface area contributed by atoms with E-state index in [4.69, 9.17) is 11.6 Å². The van der Waals surface area contributed by atoms with E-state index in [1.165, 1.54) is 15.3 Å². The second kappa shape index (κ2) is 10.5. The Labute approximate surface area is 226 Å². The van der Waals surface area contributed by atoms with Crippen molar-refractivity contribution in [1.82, 2.24) is 14.3 Å². The predicted octanol–water partition coefficient (Wildman–Crippen LogP) is 4.72. The van der Waals surface area contributed by atoms with Crippen molar-refractivity contribution < 1.29 is 18.3 Å². The number of Topliss-reactive ketones (excluding diaryl/α,β-unsaturated/α-hetero) is 1. The molecule has 8 nitrogen and oxygen atoms in total. The lowest BCUT2D eigenvalue weighted by molar-refractivity contribution is 0.0548. The van der Waals surface area contributed by atoms with Crippen LogP contribution in [0.25, 0.3) is 21.9 Å². The summed E-state index contributed by atoms with van der Waals surface area (Å²) in [6.45, 7) is 4.78. The standard InChI is InChI=1S/C28H30ClN3O5S/c1-5-9-23(33)26-25(18-10-7-6-8-11-18)22-14-19(29)12-13-21(22)27(34)31(26)16-20-15-24(38(4,36)37)32(30-20)17-28(2,3)35/h6-8,10-15,35H,5,9,16-17H2,1-4H3. The highest BCUT2D eigenvalue weighted by molar-refractivity contribution is 7.90. The van der Waals surface area contributed by atoms with Crippen molar-refractivity contribution in [2.45, 2.75) is 57.3 Å². The third kappa shape index (κ3) is 5.75. The molecule has 2 aromatic heterocycles. The molecule has 2 heterocycles. The first kappa shape index (κ1) is 27.8. The van der Waals surface area contributed by atoms with Crippen LogP contribution in [0.3, 0.4) is 0 Å². The summed E-state index contributed by atoms with van der Waals surface area (Å²) < 4.78 is 27.6. The zero-order valence-corrected chi connectivity index (χ0v) is 23.3. The van der Waals surface area contributed by atoms with Crippen molar-refractivity contribution in [2.24, 2.45) is 0 Å². The average molecular weight is 556 g/mol. The quantitative estimate of drug-likeness (QED) is 0.299. The van der Waals surface area contributed by atoms with E-state index in [0.717, 1.165) is 11.8 Å². The molecule has 10 heteroatoms. The molecule has 0 saturated heterocycles. The number of benzene rings is 2. The molecule has 0 amide bonds. The Balaban J connectivity index is 2.04. The number of pyridine rings is 1. The maximum Gasteiger partial charge on any atom is 0.259 e. The van der Waals surface area contributed by atoms with Crippen molar-refractivity contribution in [3.8, 4) is 11.1 Å². The lowest BCUT2D eigenvalue weighted by Gasteiger charge is -2.19. The number of aromatic nitrogens is 3. The van der Waals surface area contributed by atoms with Gasteiger partial charge in [-0.25, -0.2) is 8.42 Å². The minimum Gasteiger partial charge on any atom is -0.389 e. The molecular weight excluding hydrogens is 526 g/mol. The van der Waals surface area contributed by atoms with Crippen LogP contribution in [-0.2, 0) is 22.9 Å². The van der Waals surface area contributed by atoms with Crippen LogP contribution in [0.15, 0.2) is 64.4 Å². The van der Waals surface area contributed by atoms with Crippen molar-refractivity contribution in [3.05, 3.63) is 81.4 Å². The van der Waals surface area contributed by atoms with Gasteiger partial charge in [-0.3, -0.25) is 18.8 Å². The highest BCUT2D eigenvalue weighted by atomic mass is 35.5. The van der Waals surface area contributed by atoms with E-state index in [0.29, 0.717) is 27.8 Å². The minimum absolute atomic E-state index is 0.0720. The van der Waals surface area contributed by atoms with E-state index < -0.39 is 21.0 Å². The van der Waals surface area contributed by atoms with Crippen LogP contribution in [0.5, 0.6) is 0 Å². The molecule has 200 valence electrons. The summed E-state index contributed by atoms with van der Waals surface area (Å²) in [5.41, 5.74) is 0.182. The molecule has 0 aliphatic heterocycles. The topological polar surface area (TPSA) is 111 Å². The van der Waals surface area contributed by atoms with Gasteiger partial charge in [0.25, 0.3) is 5.56 Å². The summed E-state index contributed by atoms with van der Waals surface area (Å²) in [5, 5.41) is 16.0. The Kier molecular flexibility index (Phi) is 7.65. The molecule has 0 saturated carbocycles. The zero-order chi connectivity index (χ0) is 27.8. The molecule has 0 aliphatic carbocycles. The van der Waals surface area contributed by atoms with Gasteiger partial charge in [0.15, 0.2) is 20.6 Å². The van der Waals surface area contributed by atoms with Gasteiger partial charge in [0.1, 0.15) is 0 Å². The molecule has 1 N–H and O–H groups in total. The number of rotatable bonds is 9. The number of nitrogens with zero attached hydrogens (tertiary/aromatic N) is 3. The highest BCUT2D eigenvalue weighted by Gasteiger charge is 2.26. The van der Waals surface area contributed by atoms with Crippen LogP contribution >= 0.6 is 11.6 Å². The number of hydrogen-bond acceptors (Lipinski definition) is 6. The normalized spacial score (nSPS) is 12.3. The first-order valence-corrected chi connectivity index (χ1v) is 14.5. The van der Waals surface area contributed by atoms with E-state index in [2.05, 4.69) is 5.10 Å². The molecule has 0 aliphatic rings. The zero-order valence-electron chi connectivity index (χ0n) is 21.7. The number of hydrogen-bond donors (Lipinski definition) is 1. The maximum absolute atomic E-state index is 13.8. The van der Waals surface area contributed by atoms with Crippen LogP contribution in [0, 0.1) is 0 Å². The molecule has 2 aromatic carbocycles. The van der Waals surface area contributed by atoms with E-state index in [-0.39, 0.29) is 41.7 Å². The van der Waals surface area contributed by atoms with Crippen LogP contribution < -0.4 is 5.56 Å². The van der Waals surface area contributed by atoms with Gasteiger partial charge in [-0.2, -0.15) is 5.10 Å². The average Bonchev–Trinajstić information content (AvgIpc) is 3.22. The van der Waals surface area contributed by atoms with E-state index in [9.17, 15) is 23.1 Å². The van der Waals surface area contributed by atoms with Gasteiger partial charge < -0.3 is 5.11 Å². The van der Waals surface area contributed by atoms with Crippen molar-refractivity contribution in [1.29, 1.82) is 0 Å². The lowest BCUT2D eigenvalue weighted by atomic mass is 9.94. The number of carbonyl (C=O) groups is 1. The summed E-state index contributed by atoms with van der Waals surface area (Å²) >= 11 is 6.32. The third-order valence-corrected chi connectivity index (χ3v) is 7.39. The maximum atomic E-state index is 13.8. The van der Waals surface area contributed by atoms with Gasteiger partial charge in [0.2, 0.25) is 0 Å². The summed E-state index contributed by atoms with van der Waals surface area (Å²) in [5.74, 6) is -0.218. The third-order valence-electron chi connectivity index (χ3n) is 6.07. The first-order chi connectivity index (χ1) is 17.8. The smallest absolute Gasteiger partial charge is 0.259 e. The molecule has 0 radical (unpaired) electrons. The Hall–Kier alpha value is -3.27. The SMILES string of the molecule is CCCC(=O)c1c(-c2ccccc2)c2cc(Cl)ccc2c(=O)n1Cc1cc(S(C)(=O)=O)n(CC(C)(C)O)n1. The number of fused-ring (bicyclic) bond motifs is 1. The molecular formula is C28H30ClN3O5S.